The van der Waals surface area contributed by atoms with Gasteiger partial charge in [0.15, 0.2) is 0 Å². The normalized spacial score (nSPS) is 17.9. The van der Waals surface area contributed by atoms with Gasteiger partial charge in [0.25, 0.3) is 0 Å². The van der Waals surface area contributed by atoms with Gasteiger partial charge in [-0.15, -0.1) is 11.8 Å². The lowest BCUT2D eigenvalue weighted by Gasteiger charge is -2.30. The molecule has 1 atom stereocenters. The van der Waals surface area contributed by atoms with Crippen molar-refractivity contribution in [2.75, 3.05) is 33.0 Å². The van der Waals surface area contributed by atoms with E-state index in [0.717, 1.165) is 23.5 Å². The number of piperidine rings is 1. The Morgan fingerprint density at radius 1 is 1.32 bits per heavy atom. The first-order chi connectivity index (χ1) is 11.8. The molecule has 1 saturated heterocycles. The van der Waals surface area contributed by atoms with E-state index in [1.807, 2.05) is 31.2 Å². The van der Waals surface area contributed by atoms with E-state index in [1.165, 1.54) is 22.3 Å². The van der Waals surface area contributed by atoms with Gasteiger partial charge in [0.05, 0.1) is 18.6 Å². The summed E-state index contributed by atoms with van der Waals surface area (Å²) in [4.78, 5) is 13.3. The summed E-state index contributed by atoms with van der Waals surface area (Å²) < 4.78 is 29.6. The highest BCUT2D eigenvalue weighted by Gasteiger charge is 2.25. The van der Waals surface area contributed by atoms with E-state index < -0.39 is 10.0 Å². The van der Waals surface area contributed by atoms with Crippen LogP contribution in [0.3, 0.4) is 0 Å². The molecule has 0 aromatic heterocycles. The minimum atomic E-state index is -3.10. The monoisotopic (exact) mass is 386 g/mol. The predicted molar refractivity (Wildman–Crippen MR) is 100 cm³/mol. The van der Waals surface area contributed by atoms with Gasteiger partial charge in [-0.1, -0.05) is 0 Å². The number of nitrogens with zero attached hydrogens (tertiary/aromatic N) is 1. The SMILES string of the molecule is COc1ccc(SC(C)C(=O)NCC2CCN(S(C)(=O)=O)CC2)cc1. The third-order valence-electron chi connectivity index (χ3n) is 4.35. The quantitative estimate of drug-likeness (QED) is 0.725. The van der Waals surface area contributed by atoms with Crippen molar-refractivity contribution in [3.05, 3.63) is 24.3 Å². The molecule has 1 heterocycles. The van der Waals surface area contributed by atoms with Gasteiger partial charge < -0.3 is 10.1 Å². The Bertz CT molecular complexity index is 668. The fraction of sp³-hybridized carbons (Fsp3) is 0.588. The van der Waals surface area contributed by atoms with Gasteiger partial charge in [-0.3, -0.25) is 4.79 Å². The van der Waals surface area contributed by atoms with Crippen LogP contribution in [0.4, 0.5) is 0 Å². The van der Waals surface area contributed by atoms with Crippen LogP contribution in [0.15, 0.2) is 29.2 Å². The lowest BCUT2D eigenvalue weighted by Crippen LogP contribution is -2.42. The lowest BCUT2D eigenvalue weighted by atomic mass is 9.98. The number of methoxy groups -OCH3 is 1. The van der Waals surface area contributed by atoms with E-state index in [9.17, 15) is 13.2 Å². The first-order valence-electron chi connectivity index (χ1n) is 8.33. The van der Waals surface area contributed by atoms with Crippen LogP contribution < -0.4 is 10.1 Å². The lowest BCUT2D eigenvalue weighted by molar-refractivity contribution is -0.120. The minimum Gasteiger partial charge on any atom is -0.497 e. The fourth-order valence-electron chi connectivity index (χ4n) is 2.75. The molecule has 1 unspecified atom stereocenters. The Balaban J connectivity index is 1.74. The molecule has 2 rings (SSSR count). The van der Waals surface area contributed by atoms with E-state index in [0.29, 0.717) is 25.6 Å². The zero-order chi connectivity index (χ0) is 18.4. The summed E-state index contributed by atoms with van der Waals surface area (Å²) in [6.45, 7) is 3.56. The number of benzene rings is 1. The molecule has 1 N–H and O–H groups in total. The zero-order valence-corrected chi connectivity index (χ0v) is 16.5. The van der Waals surface area contributed by atoms with E-state index >= 15 is 0 Å². The molecule has 0 aliphatic carbocycles. The molecule has 0 saturated carbocycles. The highest BCUT2D eigenvalue weighted by molar-refractivity contribution is 8.00. The van der Waals surface area contributed by atoms with E-state index in [2.05, 4.69) is 5.32 Å². The second kappa shape index (κ2) is 8.91. The maximum Gasteiger partial charge on any atom is 0.233 e. The van der Waals surface area contributed by atoms with Crippen molar-refractivity contribution < 1.29 is 17.9 Å². The summed E-state index contributed by atoms with van der Waals surface area (Å²) in [5, 5.41) is 2.81. The average molecular weight is 387 g/mol. The molecule has 140 valence electrons. The van der Waals surface area contributed by atoms with Gasteiger partial charge in [-0.2, -0.15) is 0 Å². The van der Waals surface area contributed by atoms with Crippen molar-refractivity contribution in [3.63, 3.8) is 0 Å². The predicted octanol–water partition coefficient (Wildman–Crippen LogP) is 1.96. The Morgan fingerprint density at radius 3 is 2.44 bits per heavy atom. The summed E-state index contributed by atoms with van der Waals surface area (Å²) in [6, 6.07) is 7.63. The highest BCUT2D eigenvalue weighted by Crippen LogP contribution is 2.25. The molecule has 1 aromatic carbocycles. The summed E-state index contributed by atoms with van der Waals surface area (Å²) in [5.74, 6) is 1.13. The first-order valence-corrected chi connectivity index (χ1v) is 11.1. The molecule has 0 bridgehead atoms. The van der Waals surface area contributed by atoms with Crippen molar-refractivity contribution in [3.8, 4) is 5.75 Å². The van der Waals surface area contributed by atoms with Crippen molar-refractivity contribution in [2.24, 2.45) is 5.92 Å². The van der Waals surface area contributed by atoms with Crippen LogP contribution >= 0.6 is 11.8 Å². The number of thioether (sulfide) groups is 1. The molecule has 8 heteroatoms. The minimum absolute atomic E-state index is 0.00589. The van der Waals surface area contributed by atoms with Gasteiger partial charge >= 0.3 is 0 Å². The second-order valence-corrected chi connectivity index (χ2v) is 9.68. The molecule has 1 aromatic rings. The number of hydrogen-bond acceptors (Lipinski definition) is 5. The Labute approximate surface area is 154 Å². The Hall–Kier alpha value is -1.25. The van der Waals surface area contributed by atoms with Crippen molar-refractivity contribution in [1.82, 2.24) is 9.62 Å². The van der Waals surface area contributed by atoms with Crippen LogP contribution in [0.1, 0.15) is 19.8 Å². The molecule has 25 heavy (non-hydrogen) atoms. The van der Waals surface area contributed by atoms with Crippen molar-refractivity contribution >= 4 is 27.7 Å². The van der Waals surface area contributed by atoms with Crippen LogP contribution in [-0.4, -0.2) is 56.9 Å². The highest BCUT2D eigenvalue weighted by atomic mass is 32.2. The van der Waals surface area contributed by atoms with Gasteiger partial charge in [0, 0.05) is 24.5 Å². The third kappa shape index (κ3) is 6.20. The molecule has 1 aliphatic heterocycles. The van der Waals surface area contributed by atoms with Crippen molar-refractivity contribution in [2.45, 2.75) is 29.9 Å². The molecule has 1 fully saturated rings. The number of amides is 1. The molecule has 1 amide bonds. The van der Waals surface area contributed by atoms with Crippen LogP contribution in [0.25, 0.3) is 0 Å². The average Bonchev–Trinajstić information content (AvgIpc) is 2.60. The summed E-state index contributed by atoms with van der Waals surface area (Å²) in [6.07, 6.45) is 2.81. The molecule has 0 spiro atoms. The van der Waals surface area contributed by atoms with E-state index in [-0.39, 0.29) is 11.2 Å². The number of nitrogens with one attached hydrogen (secondary N) is 1. The van der Waals surface area contributed by atoms with Gasteiger partial charge in [0.2, 0.25) is 15.9 Å². The van der Waals surface area contributed by atoms with E-state index in [1.54, 1.807) is 7.11 Å². The smallest absolute Gasteiger partial charge is 0.233 e. The van der Waals surface area contributed by atoms with E-state index in [4.69, 9.17) is 4.74 Å². The summed E-state index contributed by atoms with van der Waals surface area (Å²) >= 11 is 1.51. The van der Waals surface area contributed by atoms with Crippen LogP contribution in [0.5, 0.6) is 5.75 Å². The molecule has 0 radical (unpaired) electrons. The molecular formula is C17H26N2O4S2. The number of carbonyl (C=O) groups excluding carboxylic acids is 1. The second-order valence-electron chi connectivity index (χ2n) is 6.29. The van der Waals surface area contributed by atoms with Crippen LogP contribution in [-0.2, 0) is 14.8 Å². The summed E-state index contributed by atoms with van der Waals surface area (Å²) in [5.41, 5.74) is 0. The number of ether oxygens (including phenoxy) is 1. The number of rotatable bonds is 7. The maximum absolute atomic E-state index is 12.3. The first kappa shape index (κ1) is 20.1. The molecule has 1 aliphatic rings. The molecule has 6 nitrogen and oxygen atoms in total. The number of hydrogen-bond donors (Lipinski definition) is 1. The largest absolute Gasteiger partial charge is 0.497 e. The topological polar surface area (TPSA) is 75.7 Å². The van der Waals surface area contributed by atoms with Crippen molar-refractivity contribution in [1.29, 1.82) is 0 Å². The van der Waals surface area contributed by atoms with Gasteiger partial charge in [0.1, 0.15) is 5.75 Å². The molecular weight excluding hydrogens is 360 g/mol. The van der Waals surface area contributed by atoms with Gasteiger partial charge in [-0.05, 0) is 49.9 Å². The van der Waals surface area contributed by atoms with Crippen LogP contribution in [0.2, 0.25) is 0 Å². The Kier molecular flexibility index (Phi) is 7.15. The number of carbonyl (C=O) groups is 1. The van der Waals surface area contributed by atoms with Gasteiger partial charge in [-0.25, -0.2) is 12.7 Å². The standard InChI is InChI=1S/C17H26N2O4S2/c1-13(24-16-6-4-15(23-2)5-7-16)17(20)18-12-14-8-10-19(11-9-14)25(3,21)22/h4-7,13-14H,8-12H2,1-3H3,(H,18,20). The zero-order valence-electron chi connectivity index (χ0n) is 14.9. The van der Waals surface area contributed by atoms with Crippen LogP contribution in [0, 0.1) is 5.92 Å². The Morgan fingerprint density at radius 2 is 1.92 bits per heavy atom. The number of sulfonamides is 1. The maximum atomic E-state index is 12.3. The fourth-order valence-corrected chi connectivity index (χ4v) is 4.51. The third-order valence-corrected chi connectivity index (χ3v) is 6.76. The summed E-state index contributed by atoms with van der Waals surface area (Å²) in [7, 11) is -1.48.